The topological polar surface area (TPSA) is 75.7 Å². The number of hydrogen-bond acceptors (Lipinski definition) is 4. The fourth-order valence-corrected chi connectivity index (χ4v) is 4.08. The third kappa shape index (κ3) is 5.05. The molecule has 0 spiro atoms. The molecule has 28 heavy (non-hydrogen) atoms. The number of hydrogen-bond donors (Lipinski definition) is 1. The maximum atomic E-state index is 12.7. The number of halogens is 2. The van der Waals surface area contributed by atoms with Gasteiger partial charge in [0.2, 0.25) is 10.0 Å². The average Bonchev–Trinajstić information content (AvgIpc) is 2.64. The Labute approximate surface area is 163 Å². The van der Waals surface area contributed by atoms with Gasteiger partial charge in [0.25, 0.3) is 5.91 Å². The fourth-order valence-electron chi connectivity index (χ4n) is 2.59. The molecule has 1 amide bonds. The van der Waals surface area contributed by atoms with Crippen molar-refractivity contribution in [3.63, 3.8) is 0 Å². The number of benzene rings is 2. The Morgan fingerprint density at radius 1 is 1.11 bits per heavy atom. The van der Waals surface area contributed by atoms with E-state index < -0.39 is 22.5 Å². The number of aryl methyl sites for hydroxylation is 1. The van der Waals surface area contributed by atoms with Gasteiger partial charge in [-0.1, -0.05) is 19.9 Å². The van der Waals surface area contributed by atoms with Gasteiger partial charge in [0.1, 0.15) is 5.75 Å². The SMILES string of the molecule is CCN(CC)S(=O)(=O)c1ccc(C)c(NC(=O)c2ccc(OC(F)F)cc2)c1. The fraction of sp³-hybridized carbons (Fsp3) is 0.316. The molecule has 0 unspecified atom stereocenters. The molecule has 0 heterocycles. The Balaban J connectivity index is 2.25. The minimum Gasteiger partial charge on any atom is -0.435 e. The van der Waals surface area contributed by atoms with Crippen LogP contribution < -0.4 is 10.1 Å². The molecular formula is C19H22F2N2O4S. The highest BCUT2D eigenvalue weighted by atomic mass is 32.2. The molecule has 2 aromatic rings. The Morgan fingerprint density at radius 2 is 1.71 bits per heavy atom. The number of alkyl halides is 2. The second-order valence-corrected chi connectivity index (χ2v) is 7.86. The van der Waals surface area contributed by atoms with Crippen LogP contribution in [0.5, 0.6) is 5.75 Å². The van der Waals surface area contributed by atoms with Crippen LogP contribution in [-0.4, -0.2) is 38.3 Å². The second kappa shape index (κ2) is 9.11. The van der Waals surface area contributed by atoms with Crippen molar-refractivity contribution in [1.82, 2.24) is 4.31 Å². The highest BCUT2D eigenvalue weighted by Gasteiger charge is 2.22. The van der Waals surface area contributed by atoms with E-state index in [1.165, 1.54) is 40.7 Å². The van der Waals surface area contributed by atoms with Crippen molar-refractivity contribution in [2.45, 2.75) is 32.3 Å². The molecule has 0 aliphatic carbocycles. The summed E-state index contributed by atoms with van der Waals surface area (Å²) < 4.78 is 55.3. The molecule has 2 rings (SSSR count). The summed E-state index contributed by atoms with van der Waals surface area (Å²) in [5.74, 6) is -0.556. The van der Waals surface area contributed by atoms with Crippen LogP contribution in [0.2, 0.25) is 0 Å². The maximum Gasteiger partial charge on any atom is 0.387 e. The van der Waals surface area contributed by atoms with Crippen molar-refractivity contribution < 1.29 is 26.7 Å². The zero-order valence-corrected chi connectivity index (χ0v) is 16.6. The molecule has 0 aliphatic heterocycles. The van der Waals surface area contributed by atoms with Crippen LogP contribution in [0.4, 0.5) is 14.5 Å². The minimum atomic E-state index is -3.66. The first-order chi connectivity index (χ1) is 13.2. The highest BCUT2D eigenvalue weighted by Crippen LogP contribution is 2.24. The van der Waals surface area contributed by atoms with E-state index in [1.807, 2.05) is 0 Å². The maximum absolute atomic E-state index is 12.7. The number of amides is 1. The van der Waals surface area contributed by atoms with Crippen molar-refractivity contribution in [1.29, 1.82) is 0 Å². The number of nitrogens with zero attached hydrogens (tertiary/aromatic N) is 1. The molecule has 0 fully saturated rings. The van der Waals surface area contributed by atoms with Crippen molar-refractivity contribution in [2.24, 2.45) is 0 Å². The first-order valence-electron chi connectivity index (χ1n) is 8.66. The number of nitrogens with one attached hydrogen (secondary N) is 1. The summed E-state index contributed by atoms with van der Waals surface area (Å²) in [5, 5.41) is 2.66. The van der Waals surface area contributed by atoms with E-state index in [0.717, 1.165) is 0 Å². The van der Waals surface area contributed by atoms with Gasteiger partial charge in [-0.2, -0.15) is 13.1 Å². The predicted molar refractivity (Wildman–Crippen MR) is 102 cm³/mol. The zero-order chi connectivity index (χ0) is 20.9. The van der Waals surface area contributed by atoms with Gasteiger partial charge < -0.3 is 10.1 Å². The van der Waals surface area contributed by atoms with Gasteiger partial charge in [0.05, 0.1) is 4.90 Å². The lowest BCUT2D eigenvalue weighted by Gasteiger charge is -2.19. The Morgan fingerprint density at radius 3 is 2.25 bits per heavy atom. The van der Waals surface area contributed by atoms with Crippen molar-refractivity contribution in [2.75, 3.05) is 18.4 Å². The monoisotopic (exact) mass is 412 g/mol. The van der Waals surface area contributed by atoms with Crippen LogP contribution in [0.25, 0.3) is 0 Å². The van der Waals surface area contributed by atoms with Gasteiger partial charge in [0, 0.05) is 24.3 Å². The number of sulfonamides is 1. The molecule has 6 nitrogen and oxygen atoms in total. The molecular weight excluding hydrogens is 390 g/mol. The first kappa shape index (κ1) is 21.8. The second-order valence-electron chi connectivity index (χ2n) is 5.92. The van der Waals surface area contributed by atoms with E-state index in [9.17, 15) is 22.0 Å². The lowest BCUT2D eigenvalue weighted by atomic mass is 10.1. The lowest BCUT2D eigenvalue weighted by molar-refractivity contribution is -0.0498. The van der Waals surface area contributed by atoms with E-state index in [4.69, 9.17) is 0 Å². The van der Waals surface area contributed by atoms with Gasteiger partial charge in [-0.25, -0.2) is 8.42 Å². The summed E-state index contributed by atoms with van der Waals surface area (Å²) in [7, 11) is -3.66. The molecule has 0 radical (unpaired) electrons. The highest BCUT2D eigenvalue weighted by molar-refractivity contribution is 7.89. The minimum absolute atomic E-state index is 0.0601. The molecule has 1 N–H and O–H groups in total. The molecule has 0 atom stereocenters. The summed E-state index contributed by atoms with van der Waals surface area (Å²) in [6.45, 7) is 2.96. The van der Waals surface area contributed by atoms with E-state index in [0.29, 0.717) is 24.3 Å². The summed E-state index contributed by atoms with van der Waals surface area (Å²) in [5.41, 5.74) is 1.26. The molecule has 9 heteroatoms. The standard InChI is InChI=1S/C19H22F2N2O4S/c1-4-23(5-2)28(25,26)16-11-6-13(3)17(12-16)22-18(24)14-7-9-15(10-8-14)27-19(20)21/h6-12,19H,4-5H2,1-3H3,(H,22,24). The number of anilines is 1. The molecule has 0 saturated carbocycles. The zero-order valence-electron chi connectivity index (χ0n) is 15.8. The number of ether oxygens (including phenoxy) is 1. The van der Waals surface area contributed by atoms with Crippen LogP contribution >= 0.6 is 0 Å². The lowest BCUT2D eigenvalue weighted by Crippen LogP contribution is -2.30. The van der Waals surface area contributed by atoms with Crippen LogP contribution in [0.3, 0.4) is 0 Å². The van der Waals surface area contributed by atoms with Crippen LogP contribution in [0, 0.1) is 6.92 Å². The summed E-state index contributed by atoms with van der Waals surface area (Å²) in [6.07, 6.45) is 0. The van der Waals surface area contributed by atoms with E-state index in [2.05, 4.69) is 10.1 Å². The third-order valence-electron chi connectivity index (χ3n) is 4.14. The van der Waals surface area contributed by atoms with Crippen molar-refractivity contribution in [3.05, 3.63) is 53.6 Å². The first-order valence-corrected chi connectivity index (χ1v) is 10.1. The molecule has 152 valence electrons. The van der Waals surface area contributed by atoms with E-state index in [1.54, 1.807) is 26.8 Å². The molecule has 0 aliphatic rings. The Hall–Kier alpha value is -2.52. The smallest absolute Gasteiger partial charge is 0.387 e. The van der Waals surface area contributed by atoms with Gasteiger partial charge in [-0.05, 0) is 48.9 Å². The largest absolute Gasteiger partial charge is 0.435 e. The number of rotatable bonds is 8. The van der Waals surface area contributed by atoms with Gasteiger partial charge in [-0.15, -0.1) is 0 Å². The summed E-state index contributed by atoms with van der Waals surface area (Å²) >= 11 is 0. The number of carbonyl (C=O) groups excluding carboxylic acids is 1. The molecule has 0 bridgehead atoms. The Kier molecular flexibility index (Phi) is 7.09. The van der Waals surface area contributed by atoms with Gasteiger partial charge in [0.15, 0.2) is 0 Å². The number of carbonyl (C=O) groups is 1. The van der Waals surface area contributed by atoms with E-state index in [-0.39, 0.29) is 16.2 Å². The quantitative estimate of drug-likeness (QED) is 0.714. The molecule has 2 aromatic carbocycles. The Bertz CT molecular complexity index is 927. The van der Waals surface area contributed by atoms with Crippen molar-refractivity contribution >= 4 is 21.6 Å². The van der Waals surface area contributed by atoms with Crippen LogP contribution in [0.15, 0.2) is 47.4 Å². The summed E-state index contributed by atoms with van der Waals surface area (Å²) in [6, 6.07) is 9.73. The third-order valence-corrected chi connectivity index (χ3v) is 6.19. The average molecular weight is 412 g/mol. The summed E-state index contributed by atoms with van der Waals surface area (Å²) in [4.78, 5) is 12.5. The van der Waals surface area contributed by atoms with Crippen LogP contribution in [0.1, 0.15) is 29.8 Å². The van der Waals surface area contributed by atoms with Gasteiger partial charge >= 0.3 is 6.61 Å². The predicted octanol–water partition coefficient (Wildman–Crippen LogP) is 3.88. The van der Waals surface area contributed by atoms with Crippen LogP contribution in [-0.2, 0) is 10.0 Å². The molecule has 0 saturated heterocycles. The van der Waals surface area contributed by atoms with E-state index >= 15 is 0 Å². The van der Waals surface area contributed by atoms with Crippen molar-refractivity contribution in [3.8, 4) is 5.75 Å². The molecule has 0 aromatic heterocycles. The normalized spacial score (nSPS) is 11.7. The van der Waals surface area contributed by atoms with Gasteiger partial charge in [-0.3, -0.25) is 4.79 Å².